The number of ketones is 2. The van der Waals surface area contributed by atoms with E-state index in [1.165, 1.54) is 31.2 Å². The number of urea groups is 1. The zero-order chi connectivity index (χ0) is 50.1. The van der Waals surface area contributed by atoms with Crippen LogP contribution in [0.2, 0.25) is 0 Å². The summed E-state index contributed by atoms with van der Waals surface area (Å²) in [4.78, 5) is 97.5. The highest BCUT2D eigenvalue weighted by Gasteiger charge is 2.29. The number of benzene rings is 2. The Morgan fingerprint density at radius 3 is 1.88 bits per heavy atom. The summed E-state index contributed by atoms with van der Waals surface area (Å²) in [6, 6.07) is 9.05. The second-order valence-corrected chi connectivity index (χ2v) is 16.2. The van der Waals surface area contributed by atoms with Gasteiger partial charge in [-0.1, -0.05) is 52.2 Å². The van der Waals surface area contributed by atoms with E-state index in [-0.39, 0.29) is 87.1 Å². The van der Waals surface area contributed by atoms with E-state index in [1.54, 1.807) is 24.3 Å². The summed E-state index contributed by atoms with van der Waals surface area (Å²) < 4.78 is 32.3. The molecular formula is C47H70N6O15. The van der Waals surface area contributed by atoms with Gasteiger partial charge in [-0.15, -0.1) is 0 Å². The number of Topliss-reactive ketones (excluding diaryl/α,β-unsaturated/α-hetero) is 2. The van der Waals surface area contributed by atoms with Crippen LogP contribution in [0.3, 0.4) is 0 Å². The molecule has 0 unspecified atom stereocenters. The minimum Gasteiger partial charge on any atom is -0.429 e. The number of hydrogen-bond donors (Lipinski definition) is 5. The minimum atomic E-state index is -1.03. The number of rotatable bonds is 37. The van der Waals surface area contributed by atoms with Gasteiger partial charge in [0.15, 0.2) is 5.78 Å². The van der Waals surface area contributed by atoms with Crippen LogP contribution < -0.4 is 31.7 Å². The van der Waals surface area contributed by atoms with Gasteiger partial charge in [-0.25, -0.2) is 9.59 Å². The number of carbonyl (C=O) groups is 7. The molecule has 6 N–H and O–H groups in total. The molecule has 0 aliphatic heterocycles. The molecule has 0 spiro atoms. The average Bonchev–Trinajstić information content (AvgIpc) is 3.29. The lowest BCUT2D eigenvalue weighted by atomic mass is 9.88. The lowest BCUT2D eigenvalue weighted by Crippen LogP contribution is -2.47. The third-order valence-corrected chi connectivity index (χ3v) is 10.2. The maximum atomic E-state index is 13.6. The molecule has 21 heteroatoms. The number of nitro benzene ring substituents is 1. The topological polar surface area (TPSA) is 292 Å². The largest absolute Gasteiger partial charge is 0.514 e. The number of carbonyl (C=O) groups excluding carboxylic acids is 7. The van der Waals surface area contributed by atoms with Crippen LogP contribution in [0.25, 0.3) is 0 Å². The van der Waals surface area contributed by atoms with E-state index in [0.29, 0.717) is 70.0 Å². The molecule has 0 fully saturated rings. The summed E-state index contributed by atoms with van der Waals surface area (Å²) in [6.45, 7) is 9.63. The second kappa shape index (κ2) is 34.3. The Labute approximate surface area is 397 Å². The van der Waals surface area contributed by atoms with Gasteiger partial charge in [0.2, 0.25) is 17.7 Å². The van der Waals surface area contributed by atoms with E-state index in [9.17, 15) is 43.7 Å². The molecule has 2 rings (SSSR count). The van der Waals surface area contributed by atoms with E-state index in [1.807, 2.05) is 13.8 Å². The van der Waals surface area contributed by atoms with Gasteiger partial charge in [0.05, 0.1) is 57.2 Å². The second-order valence-electron chi connectivity index (χ2n) is 16.2. The molecule has 0 aromatic heterocycles. The SMILES string of the molecule is CCCCC[C@@H](NC(C)=O)C(=O)CCCOCCOCCOCCOCCC(=O)C[C@H](C(=O)N[C@@H](CCCNC(N)=O)C(=O)Nc1ccc(COC(=O)Oc2ccc([N+](=O)[O-])cc2)cc1)C(C)C. The summed E-state index contributed by atoms with van der Waals surface area (Å²) in [5, 5.41) is 21.6. The smallest absolute Gasteiger partial charge is 0.429 e. The number of amides is 5. The summed E-state index contributed by atoms with van der Waals surface area (Å²) in [5.74, 6) is -2.31. The van der Waals surface area contributed by atoms with Crippen LogP contribution in [0.1, 0.15) is 97.5 Å². The molecule has 378 valence electrons. The predicted molar refractivity (Wildman–Crippen MR) is 250 cm³/mol. The first-order valence-corrected chi connectivity index (χ1v) is 23.0. The van der Waals surface area contributed by atoms with Gasteiger partial charge >= 0.3 is 12.2 Å². The molecule has 21 nitrogen and oxygen atoms in total. The van der Waals surface area contributed by atoms with Gasteiger partial charge in [-0.05, 0) is 61.4 Å². The highest BCUT2D eigenvalue weighted by molar-refractivity contribution is 5.98. The van der Waals surface area contributed by atoms with E-state index in [0.717, 1.165) is 19.3 Å². The molecule has 2 aromatic carbocycles. The molecular weight excluding hydrogens is 889 g/mol. The predicted octanol–water partition coefficient (Wildman–Crippen LogP) is 5.30. The van der Waals surface area contributed by atoms with Crippen molar-refractivity contribution in [2.75, 3.05) is 64.7 Å². The fourth-order valence-corrected chi connectivity index (χ4v) is 6.49. The van der Waals surface area contributed by atoms with Gasteiger partial charge in [0.1, 0.15) is 24.2 Å². The fraction of sp³-hybridized carbons (Fsp3) is 0.596. The first-order chi connectivity index (χ1) is 32.6. The zero-order valence-corrected chi connectivity index (χ0v) is 39.7. The molecule has 0 aliphatic rings. The number of nitrogens with one attached hydrogen (secondary N) is 4. The molecule has 0 radical (unpaired) electrons. The maximum absolute atomic E-state index is 13.6. The number of nitrogens with zero attached hydrogens (tertiary/aromatic N) is 1. The Kier molecular flexibility index (Phi) is 29.3. The quantitative estimate of drug-likeness (QED) is 0.0189. The number of anilines is 1. The molecule has 0 heterocycles. The molecule has 5 amide bonds. The highest BCUT2D eigenvalue weighted by Crippen LogP contribution is 2.20. The Morgan fingerprint density at radius 1 is 0.706 bits per heavy atom. The molecule has 0 aliphatic carbocycles. The van der Waals surface area contributed by atoms with Crippen molar-refractivity contribution in [3.8, 4) is 5.75 Å². The van der Waals surface area contributed by atoms with E-state index in [4.69, 9.17) is 34.2 Å². The number of nitro groups is 1. The van der Waals surface area contributed by atoms with Gasteiger partial charge in [0, 0.05) is 63.1 Å². The van der Waals surface area contributed by atoms with Crippen molar-refractivity contribution in [3.05, 3.63) is 64.2 Å². The number of primary amides is 1. The highest BCUT2D eigenvalue weighted by atomic mass is 16.7. The molecule has 0 saturated heterocycles. The molecule has 2 aromatic rings. The fourth-order valence-electron chi connectivity index (χ4n) is 6.49. The maximum Gasteiger partial charge on any atom is 0.514 e. The van der Waals surface area contributed by atoms with Crippen molar-refractivity contribution in [2.45, 2.75) is 111 Å². The summed E-state index contributed by atoms with van der Waals surface area (Å²) in [5.41, 5.74) is 5.95. The van der Waals surface area contributed by atoms with Crippen LogP contribution in [0.15, 0.2) is 48.5 Å². The zero-order valence-electron chi connectivity index (χ0n) is 39.7. The third-order valence-electron chi connectivity index (χ3n) is 10.2. The Hall–Kier alpha value is -6.03. The van der Waals surface area contributed by atoms with Crippen LogP contribution in [-0.4, -0.2) is 118 Å². The van der Waals surface area contributed by atoms with Gasteiger partial charge < -0.3 is 55.4 Å². The van der Waals surface area contributed by atoms with Gasteiger partial charge in [0.25, 0.3) is 5.69 Å². The Bertz CT molecular complexity index is 1860. The number of unbranched alkanes of at least 4 members (excludes halogenated alkanes) is 2. The van der Waals surface area contributed by atoms with Crippen LogP contribution in [0.4, 0.5) is 21.0 Å². The van der Waals surface area contributed by atoms with Crippen molar-refractivity contribution in [3.63, 3.8) is 0 Å². The van der Waals surface area contributed by atoms with E-state index in [2.05, 4.69) is 28.2 Å². The number of non-ortho nitro benzene ring substituents is 1. The normalized spacial score (nSPS) is 12.3. The summed E-state index contributed by atoms with van der Waals surface area (Å²) in [6.07, 6.45) is 3.93. The third kappa shape index (κ3) is 26.3. The number of ether oxygens (including phenoxy) is 6. The van der Waals surface area contributed by atoms with Crippen LogP contribution >= 0.6 is 0 Å². The van der Waals surface area contributed by atoms with Crippen molar-refractivity contribution in [2.24, 2.45) is 17.6 Å². The molecule has 68 heavy (non-hydrogen) atoms. The number of hydrogen-bond acceptors (Lipinski definition) is 15. The van der Waals surface area contributed by atoms with Gasteiger partial charge in [-0.3, -0.25) is 34.1 Å². The lowest BCUT2D eigenvalue weighted by Gasteiger charge is -2.24. The first kappa shape index (κ1) is 58.1. The van der Waals surface area contributed by atoms with E-state index >= 15 is 0 Å². The van der Waals surface area contributed by atoms with E-state index < -0.39 is 46.9 Å². The standard InChI is InChI=1S/C47H70N6O15/c1-5-6-7-10-41(50-34(4)54)43(56)12-9-23-63-25-27-65-29-30-66-28-26-64-24-21-38(55)31-40(33(2)3)44(57)52-42(11-8-22-49-46(48)59)45(58)51-36-15-13-35(14-16-36)32-67-47(60)68-39-19-17-37(18-20-39)53(61)62/h13-20,33,40-42H,5-12,21-32H2,1-4H3,(H,50,54)(H,51,58)(H,52,57)(H3,48,49,59)/t40-,41+,42-/m0/s1. The monoisotopic (exact) mass is 958 g/mol. The lowest BCUT2D eigenvalue weighted by molar-refractivity contribution is -0.384. The van der Waals surface area contributed by atoms with Crippen molar-refractivity contribution in [1.82, 2.24) is 16.0 Å². The molecule has 0 saturated carbocycles. The molecule has 0 bridgehead atoms. The van der Waals surface area contributed by atoms with Crippen LogP contribution in [-0.2, 0) is 54.3 Å². The van der Waals surface area contributed by atoms with Crippen LogP contribution in [0.5, 0.6) is 5.75 Å². The summed E-state index contributed by atoms with van der Waals surface area (Å²) >= 11 is 0. The average molecular weight is 959 g/mol. The minimum absolute atomic E-state index is 0.0209. The van der Waals surface area contributed by atoms with Crippen molar-refractivity contribution in [1.29, 1.82) is 0 Å². The Morgan fingerprint density at radius 2 is 1.31 bits per heavy atom. The van der Waals surface area contributed by atoms with Gasteiger partial charge in [-0.2, -0.15) is 0 Å². The van der Waals surface area contributed by atoms with Crippen molar-refractivity contribution < 1.29 is 66.9 Å². The Balaban J connectivity index is 1.70. The summed E-state index contributed by atoms with van der Waals surface area (Å²) in [7, 11) is 0. The number of nitrogens with two attached hydrogens (primary N) is 1. The van der Waals surface area contributed by atoms with Crippen LogP contribution in [0, 0.1) is 22.0 Å². The first-order valence-electron chi connectivity index (χ1n) is 23.0. The van der Waals surface area contributed by atoms with Crippen molar-refractivity contribution >= 4 is 52.8 Å². The molecule has 3 atom stereocenters.